The molecule has 23 heavy (non-hydrogen) atoms. The molecule has 0 aromatic carbocycles. The first-order valence-electron chi connectivity index (χ1n) is 8.87. The molecule has 0 saturated carbocycles. The number of anilines is 2. The number of nitrogens with zero attached hydrogens (tertiary/aromatic N) is 3. The average molecular weight is 317 g/mol. The Balaban J connectivity index is 1.94. The summed E-state index contributed by atoms with van der Waals surface area (Å²) >= 11 is 0. The number of hydrogen-bond donors (Lipinski definition) is 0. The van der Waals surface area contributed by atoms with Crippen LogP contribution in [0.5, 0.6) is 0 Å². The Hall–Kier alpha value is -1.58. The maximum atomic E-state index is 12.0. The number of aromatic nitrogens is 1. The third-order valence-electron chi connectivity index (χ3n) is 4.69. The fourth-order valence-electron chi connectivity index (χ4n) is 3.34. The minimum absolute atomic E-state index is 0.000313. The van der Waals surface area contributed by atoms with Crippen molar-refractivity contribution in [2.75, 3.05) is 29.9 Å². The number of carbonyl (C=O) groups excluding carboxylic acids is 1. The SMILES string of the molecule is CC(C)CC1CCN(c2ccc(N(C)C(=O)C(C)C)cn2)CC1. The lowest BCUT2D eigenvalue weighted by molar-refractivity contribution is -0.121. The molecular formula is C19H31N3O. The first kappa shape index (κ1) is 17.8. The summed E-state index contributed by atoms with van der Waals surface area (Å²) in [6, 6.07) is 4.05. The molecule has 4 nitrogen and oxygen atoms in total. The van der Waals surface area contributed by atoms with Crippen LogP contribution in [0.1, 0.15) is 47.0 Å². The van der Waals surface area contributed by atoms with Crippen molar-refractivity contribution < 1.29 is 4.79 Å². The molecule has 1 aliphatic heterocycles. The predicted octanol–water partition coefficient (Wildman–Crippen LogP) is 3.96. The van der Waals surface area contributed by atoms with Gasteiger partial charge in [-0.15, -0.1) is 0 Å². The van der Waals surface area contributed by atoms with E-state index in [0.717, 1.165) is 36.4 Å². The van der Waals surface area contributed by atoms with Crippen LogP contribution in [-0.4, -0.2) is 31.0 Å². The molecular weight excluding hydrogens is 286 g/mol. The molecule has 4 heteroatoms. The van der Waals surface area contributed by atoms with Gasteiger partial charge in [-0.25, -0.2) is 4.98 Å². The van der Waals surface area contributed by atoms with Gasteiger partial charge in [-0.1, -0.05) is 27.7 Å². The zero-order chi connectivity index (χ0) is 17.0. The maximum absolute atomic E-state index is 12.0. The van der Waals surface area contributed by atoms with Crippen LogP contribution in [0.3, 0.4) is 0 Å². The third kappa shape index (κ3) is 4.69. The van der Waals surface area contributed by atoms with Gasteiger partial charge < -0.3 is 9.80 Å². The third-order valence-corrected chi connectivity index (χ3v) is 4.69. The summed E-state index contributed by atoms with van der Waals surface area (Å²) in [4.78, 5) is 20.7. The topological polar surface area (TPSA) is 36.4 Å². The second-order valence-electron chi connectivity index (χ2n) is 7.49. The van der Waals surface area contributed by atoms with Gasteiger partial charge in [0, 0.05) is 26.1 Å². The number of pyridine rings is 1. The van der Waals surface area contributed by atoms with Crippen LogP contribution < -0.4 is 9.80 Å². The summed E-state index contributed by atoms with van der Waals surface area (Å²) in [5, 5.41) is 0. The number of piperidine rings is 1. The van der Waals surface area contributed by atoms with E-state index in [4.69, 9.17) is 0 Å². The van der Waals surface area contributed by atoms with Crippen molar-refractivity contribution in [2.45, 2.75) is 47.0 Å². The largest absolute Gasteiger partial charge is 0.357 e. The van der Waals surface area contributed by atoms with Crippen molar-refractivity contribution in [1.29, 1.82) is 0 Å². The summed E-state index contributed by atoms with van der Waals surface area (Å²) in [6.45, 7) is 10.6. The first-order valence-corrected chi connectivity index (χ1v) is 8.87. The second kappa shape index (κ2) is 7.80. The van der Waals surface area contributed by atoms with Crippen LogP contribution in [0.4, 0.5) is 11.5 Å². The summed E-state index contributed by atoms with van der Waals surface area (Å²) < 4.78 is 0. The molecule has 0 radical (unpaired) electrons. The Kier molecular flexibility index (Phi) is 6.03. The van der Waals surface area contributed by atoms with Crippen LogP contribution in [-0.2, 0) is 4.79 Å². The summed E-state index contributed by atoms with van der Waals surface area (Å²) in [7, 11) is 1.82. The Morgan fingerprint density at radius 2 is 1.91 bits per heavy atom. The maximum Gasteiger partial charge on any atom is 0.229 e. The van der Waals surface area contributed by atoms with E-state index in [2.05, 4.69) is 23.7 Å². The number of amides is 1. The Morgan fingerprint density at radius 3 is 2.39 bits per heavy atom. The first-order chi connectivity index (χ1) is 10.9. The molecule has 0 unspecified atom stereocenters. The molecule has 1 saturated heterocycles. The highest BCUT2D eigenvalue weighted by Crippen LogP contribution is 2.27. The fraction of sp³-hybridized carbons (Fsp3) is 0.684. The van der Waals surface area contributed by atoms with Crippen molar-refractivity contribution in [1.82, 2.24) is 4.98 Å². The van der Waals surface area contributed by atoms with Crippen LogP contribution in [0.25, 0.3) is 0 Å². The summed E-state index contributed by atoms with van der Waals surface area (Å²) in [5.41, 5.74) is 0.863. The molecule has 1 aromatic heterocycles. The molecule has 1 aliphatic rings. The molecule has 0 N–H and O–H groups in total. The van der Waals surface area contributed by atoms with Crippen LogP contribution in [0.15, 0.2) is 18.3 Å². The quantitative estimate of drug-likeness (QED) is 0.824. The number of hydrogen-bond acceptors (Lipinski definition) is 3. The molecule has 0 atom stereocenters. The average Bonchev–Trinajstić information content (AvgIpc) is 2.53. The van der Waals surface area contributed by atoms with E-state index in [1.807, 2.05) is 39.2 Å². The fourth-order valence-corrected chi connectivity index (χ4v) is 3.34. The molecule has 1 fully saturated rings. The molecule has 2 heterocycles. The zero-order valence-electron chi connectivity index (χ0n) is 15.2. The van der Waals surface area contributed by atoms with E-state index in [1.165, 1.54) is 19.3 Å². The van der Waals surface area contributed by atoms with Crippen molar-refractivity contribution in [3.05, 3.63) is 18.3 Å². The lowest BCUT2D eigenvalue weighted by Gasteiger charge is -2.33. The van der Waals surface area contributed by atoms with Gasteiger partial charge in [-0.2, -0.15) is 0 Å². The van der Waals surface area contributed by atoms with Gasteiger partial charge in [0.1, 0.15) is 5.82 Å². The highest BCUT2D eigenvalue weighted by atomic mass is 16.2. The van der Waals surface area contributed by atoms with E-state index in [9.17, 15) is 4.79 Å². The molecule has 0 spiro atoms. The molecule has 0 aliphatic carbocycles. The van der Waals surface area contributed by atoms with E-state index < -0.39 is 0 Å². The van der Waals surface area contributed by atoms with Crippen molar-refractivity contribution in [3.63, 3.8) is 0 Å². The van der Waals surface area contributed by atoms with Gasteiger partial charge in [-0.3, -0.25) is 4.79 Å². The van der Waals surface area contributed by atoms with E-state index in [1.54, 1.807) is 4.90 Å². The summed E-state index contributed by atoms with van der Waals surface area (Å²) in [6.07, 6.45) is 5.67. The molecule has 1 amide bonds. The van der Waals surface area contributed by atoms with Crippen LogP contribution in [0.2, 0.25) is 0 Å². The van der Waals surface area contributed by atoms with Crippen molar-refractivity contribution >= 4 is 17.4 Å². The number of rotatable bonds is 5. The van der Waals surface area contributed by atoms with Gasteiger partial charge >= 0.3 is 0 Å². The van der Waals surface area contributed by atoms with Crippen molar-refractivity contribution in [3.8, 4) is 0 Å². The normalized spacial score (nSPS) is 16.2. The summed E-state index contributed by atoms with van der Waals surface area (Å²) in [5.74, 6) is 2.80. The molecule has 128 valence electrons. The van der Waals surface area contributed by atoms with E-state index in [0.29, 0.717) is 0 Å². The van der Waals surface area contributed by atoms with Gasteiger partial charge in [0.2, 0.25) is 5.91 Å². The van der Waals surface area contributed by atoms with E-state index >= 15 is 0 Å². The smallest absolute Gasteiger partial charge is 0.229 e. The Labute approximate surface area is 140 Å². The highest BCUT2D eigenvalue weighted by Gasteiger charge is 2.21. The molecule has 2 rings (SSSR count). The van der Waals surface area contributed by atoms with Gasteiger partial charge in [0.05, 0.1) is 11.9 Å². The zero-order valence-corrected chi connectivity index (χ0v) is 15.2. The van der Waals surface area contributed by atoms with Gasteiger partial charge in [0.15, 0.2) is 0 Å². The van der Waals surface area contributed by atoms with Crippen molar-refractivity contribution in [2.24, 2.45) is 17.8 Å². The minimum Gasteiger partial charge on any atom is -0.357 e. The minimum atomic E-state index is -0.000313. The predicted molar refractivity (Wildman–Crippen MR) is 96.9 cm³/mol. The lowest BCUT2D eigenvalue weighted by Crippen LogP contribution is -2.34. The van der Waals surface area contributed by atoms with E-state index in [-0.39, 0.29) is 11.8 Å². The van der Waals surface area contributed by atoms with Crippen LogP contribution >= 0.6 is 0 Å². The standard InChI is InChI=1S/C19H31N3O/c1-14(2)12-16-8-10-22(11-9-16)18-7-6-17(13-20-18)21(5)19(23)15(3)4/h6-7,13-16H,8-12H2,1-5H3. The second-order valence-corrected chi connectivity index (χ2v) is 7.49. The van der Waals surface area contributed by atoms with Gasteiger partial charge in [-0.05, 0) is 43.2 Å². The number of carbonyl (C=O) groups is 1. The molecule has 1 aromatic rings. The Bertz CT molecular complexity index is 502. The van der Waals surface area contributed by atoms with Crippen LogP contribution in [0, 0.1) is 17.8 Å². The lowest BCUT2D eigenvalue weighted by atomic mass is 9.89. The Morgan fingerprint density at radius 1 is 1.26 bits per heavy atom. The van der Waals surface area contributed by atoms with Gasteiger partial charge in [0.25, 0.3) is 0 Å². The highest BCUT2D eigenvalue weighted by molar-refractivity contribution is 5.93. The molecule has 0 bridgehead atoms. The monoisotopic (exact) mass is 317 g/mol.